The molecular weight excluding hydrogens is 570 g/mol. The van der Waals surface area contributed by atoms with Gasteiger partial charge in [0.05, 0.1) is 18.8 Å². The summed E-state index contributed by atoms with van der Waals surface area (Å²) in [5, 5.41) is 21.3. The Morgan fingerprint density at radius 3 is 2.24 bits per heavy atom. The topological polar surface area (TPSA) is 112 Å². The van der Waals surface area contributed by atoms with Crippen molar-refractivity contribution in [3.8, 4) is 0 Å². The molecule has 0 aliphatic carbocycles. The molecule has 2 heterocycles. The van der Waals surface area contributed by atoms with E-state index < -0.39 is 12.3 Å². The summed E-state index contributed by atoms with van der Waals surface area (Å²) in [7, 11) is 0. The van der Waals surface area contributed by atoms with Crippen molar-refractivity contribution >= 4 is 17.6 Å². The Morgan fingerprint density at radius 2 is 1.51 bits per heavy atom. The minimum Gasteiger partial charge on any atom is -0.481 e. The van der Waals surface area contributed by atoms with Gasteiger partial charge in [0.1, 0.15) is 0 Å². The van der Waals surface area contributed by atoms with Crippen LogP contribution in [0.25, 0.3) is 0 Å². The Morgan fingerprint density at radius 1 is 0.778 bits per heavy atom. The van der Waals surface area contributed by atoms with Crippen LogP contribution < -0.4 is 5.32 Å². The summed E-state index contributed by atoms with van der Waals surface area (Å²) >= 11 is 0. The smallest absolute Gasteiger partial charge is 0.303 e. The van der Waals surface area contributed by atoms with Crippen molar-refractivity contribution in [3.63, 3.8) is 0 Å². The van der Waals surface area contributed by atoms with Crippen molar-refractivity contribution in [1.82, 2.24) is 9.80 Å². The zero-order valence-electron chi connectivity index (χ0n) is 25.9. The first-order valence-electron chi connectivity index (χ1n) is 16.1. The Balaban J connectivity index is 1.21. The molecule has 1 amide bonds. The average Bonchev–Trinajstić information content (AvgIpc) is 3.06. The summed E-state index contributed by atoms with van der Waals surface area (Å²) < 4.78 is 13.1. The van der Waals surface area contributed by atoms with E-state index in [0.717, 1.165) is 62.4 Å². The van der Waals surface area contributed by atoms with Gasteiger partial charge in [-0.3, -0.25) is 19.4 Å². The van der Waals surface area contributed by atoms with Crippen LogP contribution in [0.5, 0.6) is 0 Å². The molecule has 0 bridgehead atoms. The molecule has 9 heteroatoms. The molecule has 3 N–H and O–H groups in total. The van der Waals surface area contributed by atoms with Crippen molar-refractivity contribution in [1.29, 1.82) is 0 Å². The summed E-state index contributed by atoms with van der Waals surface area (Å²) in [6.07, 6.45) is 2.29. The lowest BCUT2D eigenvalue weighted by molar-refractivity contribution is -0.253. The number of anilines is 1. The second-order valence-electron chi connectivity index (χ2n) is 12.0. The number of unbranched alkanes of at least 4 members (excludes halogenated alkanes) is 2. The summed E-state index contributed by atoms with van der Waals surface area (Å²) in [6, 6.07) is 26.1. The molecule has 3 aromatic rings. The van der Waals surface area contributed by atoms with Crippen molar-refractivity contribution in [2.45, 2.75) is 70.2 Å². The molecule has 45 heavy (non-hydrogen) atoms. The van der Waals surface area contributed by atoms with Gasteiger partial charge >= 0.3 is 5.97 Å². The Labute approximate surface area is 265 Å². The van der Waals surface area contributed by atoms with Crippen LogP contribution in [0.2, 0.25) is 0 Å². The standard InChI is InChI=1S/C36H45N3O6/c40-26-28-14-16-29(17-15-28)33-23-32(25-39-20-18-38(19-21-39)24-27-8-3-1-4-9-27)44-36(45-33)30-10-7-11-31(22-30)37-34(41)12-5-2-6-13-35(42)43/h1,3-4,7-11,14-17,22,32-33,36,40H,2,5-6,12-13,18-21,23-26H2,(H,37,41)(H,42,43)/t32-,33+,36+/m0/s1. The molecule has 2 aliphatic heterocycles. The van der Waals surface area contributed by atoms with Crippen molar-refractivity contribution in [3.05, 3.63) is 101 Å². The van der Waals surface area contributed by atoms with Crippen molar-refractivity contribution < 1.29 is 29.3 Å². The molecule has 0 spiro atoms. The number of carbonyl (C=O) groups is 2. The largest absolute Gasteiger partial charge is 0.481 e. The number of hydrogen-bond acceptors (Lipinski definition) is 7. The number of aliphatic hydroxyl groups is 1. The molecule has 2 fully saturated rings. The molecule has 3 aromatic carbocycles. The third-order valence-corrected chi connectivity index (χ3v) is 8.53. The first kappa shape index (κ1) is 32.8. The lowest BCUT2D eigenvalue weighted by Crippen LogP contribution is -2.49. The van der Waals surface area contributed by atoms with Gasteiger partial charge in [-0.05, 0) is 41.7 Å². The van der Waals surface area contributed by atoms with Gasteiger partial charge < -0.3 is 25.0 Å². The van der Waals surface area contributed by atoms with Crippen molar-refractivity contribution in [2.24, 2.45) is 0 Å². The molecule has 0 unspecified atom stereocenters. The highest BCUT2D eigenvalue weighted by atomic mass is 16.7. The van der Waals surface area contributed by atoms with Gasteiger partial charge in [0, 0.05) is 69.8 Å². The minimum atomic E-state index is -0.809. The van der Waals surface area contributed by atoms with Crippen LogP contribution in [0.3, 0.4) is 0 Å². The van der Waals surface area contributed by atoms with E-state index >= 15 is 0 Å². The van der Waals surface area contributed by atoms with Crippen LogP contribution in [-0.2, 0) is 32.2 Å². The van der Waals surface area contributed by atoms with E-state index in [1.165, 1.54) is 5.56 Å². The zero-order chi connectivity index (χ0) is 31.4. The van der Waals surface area contributed by atoms with Crippen LogP contribution in [0.4, 0.5) is 5.69 Å². The molecule has 0 radical (unpaired) electrons. The number of carbonyl (C=O) groups excluding carboxylic acids is 1. The maximum absolute atomic E-state index is 12.6. The number of nitrogens with zero attached hydrogens (tertiary/aromatic N) is 2. The van der Waals surface area contributed by atoms with Crippen LogP contribution >= 0.6 is 0 Å². The number of amides is 1. The van der Waals surface area contributed by atoms with E-state index in [2.05, 4.69) is 45.4 Å². The molecule has 2 aliphatic rings. The fraction of sp³-hybridized carbons (Fsp3) is 0.444. The fourth-order valence-corrected chi connectivity index (χ4v) is 6.02. The van der Waals surface area contributed by atoms with E-state index in [0.29, 0.717) is 31.4 Å². The van der Waals surface area contributed by atoms with E-state index in [9.17, 15) is 14.7 Å². The van der Waals surface area contributed by atoms with Gasteiger partial charge in [-0.2, -0.15) is 0 Å². The molecule has 9 nitrogen and oxygen atoms in total. The number of carboxylic acid groups (broad SMARTS) is 1. The van der Waals surface area contributed by atoms with E-state index in [4.69, 9.17) is 14.6 Å². The Hall–Kier alpha value is -3.60. The SMILES string of the molecule is O=C(O)CCCCCC(=O)Nc1cccc([C@@H]2O[C@H](CN3CCN(Cc4ccccc4)CC3)C[C@H](c3ccc(CO)cc3)O2)c1. The highest BCUT2D eigenvalue weighted by Crippen LogP contribution is 2.38. The van der Waals surface area contributed by atoms with Gasteiger partial charge in [0.2, 0.25) is 5.91 Å². The maximum Gasteiger partial charge on any atom is 0.303 e. The lowest BCUT2D eigenvalue weighted by Gasteiger charge is -2.41. The fourth-order valence-electron chi connectivity index (χ4n) is 6.02. The van der Waals surface area contributed by atoms with Crippen LogP contribution in [0.1, 0.15) is 73.2 Å². The first-order valence-corrected chi connectivity index (χ1v) is 16.1. The molecule has 240 valence electrons. The molecule has 0 aromatic heterocycles. The second-order valence-corrected chi connectivity index (χ2v) is 12.0. The molecule has 5 rings (SSSR count). The Bertz CT molecular complexity index is 1360. The van der Waals surface area contributed by atoms with Gasteiger partial charge in [-0.25, -0.2) is 0 Å². The van der Waals surface area contributed by atoms with Crippen LogP contribution in [0.15, 0.2) is 78.9 Å². The summed E-state index contributed by atoms with van der Waals surface area (Å²) in [6.45, 7) is 5.75. The number of ether oxygens (including phenoxy) is 2. The first-order chi connectivity index (χ1) is 21.9. The number of piperazine rings is 1. The Kier molecular flexibility index (Phi) is 12.1. The number of hydrogen-bond donors (Lipinski definition) is 3. The monoisotopic (exact) mass is 615 g/mol. The van der Waals surface area contributed by atoms with E-state index in [-0.39, 0.29) is 31.1 Å². The van der Waals surface area contributed by atoms with E-state index in [1.54, 1.807) is 0 Å². The predicted octanol–water partition coefficient (Wildman–Crippen LogP) is 5.52. The third kappa shape index (κ3) is 10.2. The van der Waals surface area contributed by atoms with Crippen molar-refractivity contribution in [2.75, 3.05) is 38.0 Å². The van der Waals surface area contributed by atoms with E-state index in [1.807, 2.05) is 48.5 Å². The normalized spacial score (nSPS) is 21.0. The number of aliphatic hydroxyl groups excluding tert-OH is 1. The van der Waals surface area contributed by atoms with Gasteiger partial charge in [-0.1, -0.05) is 73.2 Å². The van der Waals surface area contributed by atoms with Gasteiger partial charge in [0.25, 0.3) is 0 Å². The molecule has 0 saturated carbocycles. The highest BCUT2D eigenvalue weighted by Gasteiger charge is 2.34. The molecular formula is C36H45N3O6. The zero-order valence-corrected chi connectivity index (χ0v) is 25.9. The molecule has 2 saturated heterocycles. The summed E-state index contributed by atoms with van der Waals surface area (Å²) in [4.78, 5) is 28.3. The number of carboxylic acids is 1. The summed E-state index contributed by atoms with van der Waals surface area (Å²) in [5.74, 6) is -0.907. The number of aliphatic carboxylic acids is 1. The van der Waals surface area contributed by atoms with Gasteiger partial charge in [-0.15, -0.1) is 0 Å². The maximum atomic E-state index is 12.6. The van der Waals surface area contributed by atoms with Gasteiger partial charge in [0.15, 0.2) is 6.29 Å². The average molecular weight is 616 g/mol. The second kappa shape index (κ2) is 16.6. The summed E-state index contributed by atoms with van der Waals surface area (Å²) in [5.41, 5.74) is 4.76. The van der Waals surface area contributed by atoms with Crippen LogP contribution in [0, 0.1) is 0 Å². The highest BCUT2D eigenvalue weighted by molar-refractivity contribution is 5.90. The molecule has 3 atom stereocenters. The predicted molar refractivity (Wildman–Crippen MR) is 172 cm³/mol. The number of rotatable bonds is 14. The quantitative estimate of drug-likeness (QED) is 0.204. The minimum absolute atomic E-state index is 0.00272. The third-order valence-electron chi connectivity index (χ3n) is 8.53. The number of nitrogens with one attached hydrogen (secondary N) is 1. The lowest BCUT2D eigenvalue weighted by atomic mass is 9.99. The number of benzene rings is 3. The van der Waals surface area contributed by atoms with Crippen LogP contribution in [-0.4, -0.2) is 70.7 Å².